The van der Waals surface area contributed by atoms with Crippen molar-refractivity contribution in [3.8, 4) is 0 Å². The Labute approximate surface area is 324 Å². The first kappa shape index (κ1) is 39.4. The fraction of sp³-hybridized carbons (Fsp3) is 0.725. The van der Waals surface area contributed by atoms with E-state index in [1.165, 1.54) is 18.6 Å². The van der Waals surface area contributed by atoms with Crippen LogP contribution in [0.5, 0.6) is 0 Å². The largest absolute Gasteiger partial charge is 0.342 e. The van der Waals surface area contributed by atoms with Crippen molar-refractivity contribution < 1.29 is 32.4 Å². The molecule has 0 radical (unpaired) electrons. The maximum atomic E-state index is 15.1. The minimum atomic E-state index is -3.88. The van der Waals surface area contributed by atoms with Gasteiger partial charge < -0.3 is 20.9 Å². The second-order valence-electron chi connectivity index (χ2n) is 18.8. The Balaban J connectivity index is 1.16. The molecule has 55 heavy (non-hydrogen) atoms. The van der Waals surface area contributed by atoms with E-state index in [1.807, 2.05) is 20.8 Å². The minimum absolute atomic E-state index is 0.0264. The Bertz CT molecular complexity index is 1870. The van der Waals surface area contributed by atoms with Gasteiger partial charge in [-0.2, -0.15) is 0 Å². The molecule has 1 unspecified atom stereocenters. The number of sulfonamides is 1. The van der Waals surface area contributed by atoms with Crippen molar-refractivity contribution in [3.63, 3.8) is 0 Å². The number of likely N-dealkylation sites (tertiary alicyclic amines) is 1. The number of carbonyl (C=O) groups is 5. The van der Waals surface area contributed by atoms with Crippen LogP contribution in [0.1, 0.15) is 122 Å². The van der Waals surface area contributed by atoms with Crippen molar-refractivity contribution in [2.24, 2.45) is 33.5 Å². The number of carbonyl (C=O) groups excluding carboxylic acids is 5. The topological polar surface area (TPSA) is 197 Å². The molecule has 1 saturated heterocycles. The number of nitrogens with zero attached hydrogens (tertiary/aromatic N) is 3. The van der Waals surface area contributed by atoms with Gasteiger partial charge in [-0.15, -0.1) is 6.58 Å². The highest BCUT2D eigenvalue weighted by atomic mass is 32.2. The van der Waals surface area contributed by atoms with Gasteiger partial charge in [0.05, 0.1) is 11.4 Å². The lowest BCUT2D eigenvalue weighted by Gasteiger charge is -2.38. The highest BCUT2D eigenvalue weighted by Gasteiger charge is 2.85. The normalized spacial score (nSPS) is 30.4. The van der Waals surface area contributed by atoms with E-state index in [0.717, 1.165) is 51.4 Å². The van der Waals surface area contributed by atoms with E-state index in [1.54, 1.807) is 11.0 Å². The number of amides is 5. The van der Waals surface area contributed by atoms with Crippen LogP contribution in [0, 0.1) is 33.5 Å². The Hall–Kier alpha value is -3.88. The molecule has 2 spiro atoms. The minimum Gasteiger partial charge on any atom is -0.342 e. The van der Waals surface area contributed by atoms with E-state index in [9.17, 15) is 27.6 Å². The van der Waals surface area contributed by atoms with Gasteiger partial charge in [-0.05, 0) is 73.5 Å². The molecule has 0 bridgehead atoms. The van der Waals surface area contributed by atoms with Gasteiger partial charge in [0.15, 0.2) is 0 Å². The molecule has 15 heteroatoms. The molecule has 2 heterocycles. The first-order valence-corrected chi connectivity index (χ1v) is 21.6. The number of rotatable bonds is 12. The van der Waals surface area contributed by atoms with E-state index in [2.05, 4.69) is 51.1 Å². The van der Waals surface area contributed by atoms with Crippen LogP contribution >= 0.6 is 0 Å². The first-order chi connectivity index (χ1) is 25.8. The van der Waals surface area contributed by atoms with Crippen LogP contribution in [-0.4, -0.2) is 88.3 Å². The average molecular weight is 780 g/mol. The van der Waals surface area contributed by atoms with Crippen LogP contribution in [0.2, 0.25) is 0 Å². The summed E-state index contributed by atoms with van der Waals surface area (Å²) >= 11 is 0. The predicted octanol–water partition coefficient (Wildman–Crippen LogP) is 3.15. The van der Waals surface area contributed by atoms with E-state index >= 15 is 4.79 Å². The van der Waals surface area contributed by atoms with Crippen molar-refractivity contribution in [1.82, 2.24) is 35.5 Å². The standard InChI is InChI=1S/C40H57N7O7S/c1-7-25-20-40(25,35(52)46-55(53,54)26-14-15-26)45-32(49)28-21-39(37(5,6)38(39)16-11-17-38)23-47(28)34(51)30(36(2,3)4)44-33(50)29(24-12-9-8-10-13-24)43-31(48)27-22-41-18-19-42-27/h7,18-19,22,24-26,28-30H,1,8-17,20-21,23H2,2-6H3,(H,43,48)(H,44,50)(H,45,49)(H,46,52)/t25-,28+,29+,30?,39-,40-/m1/s1. The summed E-state index contributed by atoms with van der Waals surface area (Å²) in [5, 5.41) is 8.25. The molecule has 300 valence electrons. The highest BCUT2D eigenvalue weighted by molar-refractivity contribution is 7.91. The SMILES string of the molecule is C=C[C@@H]1C[C@]1(NC(=O)[C@@H]1C[C@@]2(CN1C(=O)C(NC(=O)[C@@H](NC(=O)c1cnccn1)C1CCCCC1)C(C)(C)C)C(C)(C)C21CCC1)C(=O)NS(=O)(=O)C1CC1. The molecule has 0 aromatic carbocycles. The maximum Gasteiger partial charge on any atom is 0.272 e. The zero-order valence-corrected chi connectivity index (χ0v) is 33.6. The molecule has 5 aliphatic carbocycles. The molecular weight excluding hydrogens is 723 g/mol. The van der Waals surface area contributed by atoms with Gasteiger partial charge in [0.2, 0.25) is 27.7 Å². The molecule has 1 aromatic heterocycles. The molecule has 4 N–H and O–H groups in total. The fourth-order valence-electron chi connectivity index (χ4n) is 10.6. The van der Waals surface area contributed by atoms with Gasteiger partial charge in [0, 0.05) is 30.3 Å². The molecule has 1 aliphatic heterocycles. The monoisotopic (exact) mass is 779 g/mol. The predicted molar refractivity (Wildman–Crippen MR) is 203 cm³/mol. The summed E-state index contributed by atoms with van der Waals surface area (Å²) in [5.74, 6) is -3.36. The van der Waals surface area contributed by atoms with Crippen LogP contribution in [0.4, 0.5) is 0 Å². The summed E-state index contributed by atoms with van der Waals surface area (Å²) in [5.41, 5.74) is -2.74. The van der Waals surface area contributed by atoms with Gasteiger partial charge in [-0.1, -0.05) is 66.4 Å². The summed E-state index contributed by atoms with van der Waals surface area (Å²) in [4.78, 5) is 80.7. The van der Waals surface area contributed by atoms with Gasteiger partial charge >= 0.3 is 0 Å². The van der Waals surface area contributed by atoms with Gasteiger partial charge in [0.1, 0.15) is 29.4 Å². The molecule has 7 rings (SSSR count). The summed E-state index contributed by atoms with van der Waals surface area (Å²) in [6, 6.07) is -2.95. The zero-order valence-electron chi connectivity index (χ0n) is 32.8. The number of aromatic nitrogens is 2. The summed E-state index contributed by atoms with van der Waals surface area (Å²) in [7, 11) is -3.88. The van der Waals surface area contributed by atoms with Gasteiger partial charge in [0.25, 0.3) is 11.8 Å². The number of fused-ring (bicyclic) bond motifs is 1. The van der Waals surface area contributed by atoms with Gasteiger partial charge in [-0.25, -0.2) is 13.4 Å². The van der Waals surface area contributed by atoms with Crippen LogP contribution < -0.4 is 20.7 Å². The summed E-state index contributed by atoms with van der Waals surface area (Å²) in [6.07, 6.45) is 14.7. The second kappa shape index (κ2) is 13.7. The third-order valence-electron chi connectivity index (χ3n) is 14.5. The number of hydrogen-bond donors (Lipinski definition) is 4. The van der Waals surface area contributed by atoms with Crippen LogP contribution in [-0.2, 0) is 29.2 Å². The van der Waals surface area contributed by atoms with E-state index in [4.69, 9.17) is 0 Å². The third kappa shape index (κ3) is 6.55. The first-order valence-electron chi connectivity index (χ1n) is 20.0. The zero-order chi connectivity index (χ0) is 39.8. The van der Waals surface area contributed by atoms with Crippen LogP contribution in [0.15, 0.2) is 31.2 Å². The maximum absolute atomic E-state index is 15.1. The van der Waals surface area contributed by atoms with Crippen molar-refractivity contribution in [2.45, 2.75) is 141 Å². The van der Waals surface area contributed by atoms with Crippen molar-refractivity contribution >= 4 is 39.6 Å². The molecule has 6 fully saturated rings. The van der Waals surface area contributed by atoms with Crippen LogP contribution in [0.3, 0.4) is 0 Å². The highest BCUT2D eigenvalue weighted by Crippen LogP contribution is 2.88. The van der Waals surface area contributed by atoms with Gasteiger partial charge in [-0.3, -0.25) is 33.7 Å². The third-order valence-corrected chi connectivity index (χ3v) is 16.4. The fourth-order valence-corrected chi connectivity index (χ4v) is 12.0. The van der Waals surface area contributed by atoms with Crippen LogP contribution in [0.25, 0.3) is 0 Å². The lowest BCUT2D eigenvalue weighted by molar-refractivity contribution is -0.145. The molecule has 5 saturated carbocycles. The quantitative estimate of drug-likeness (QED) is 0.231. The van der Waals surface area contributed by atoms with Crippen molar-refractivity contribution in [3.05, 3.63) is 36.9 Å². The van der Waals surface area contributed by atoms with E-state index in [0.29, 0.717) is 25.8 Å². The molecule has 5 amide bonds. The molecule has 6 atom stereocenters. The lowest BCUT2D eigenvalue weighted by Crippen LogP contribution is -2.62. The Morgan fingerprint density at radius 2 is 1.64 bits per heavy atom. The summed E-state index contributed by atoms with van der Waals surface area (Å²) in [6.45, 7) is 14.1. The van der Waals surface area contributed by atoms with Crippen molar-refractivity contribution in [2.75, 3.05) is 6.54 Å². The smallest absolute Gasteiger partial charge is 0.272 e. The Kier molecular flexibility index (Phi) is 9.77. The molecule has 1 aromatic rings. The van der Waals surface area contributed by atoms with Crippen molar-refractivity contribution in [1.29, 1.82) is 0 Å². The molecule has 6 aliphatic rings. The molecular formula is C40H57N7O7S. The Morgan fingerprint density at radius 1 is 0.945 bits per heavy atom. The van der Waals surface area contributed by atoms with E-state index < -0.39 is 79.8 Å². The average Bonchev–Trinajstić information content (AvgIpc) is 4.07. The lowest BCUT2D eigenvalue weighted by atomic mass is 9.73. The molecule has 14 nitrogen and oxygen atoms in total. The second-order valence-corrected chi connectivity index (χ2v) is 20.7. The van der Waals surface area contributed by atoms with E-state index in [-0.39, 0.29) is 34.3 Å². The number of hydrogen-bond acceptors (Lipinski definition) is 9. The summed E-state index contributed by atoms with van der Waals surface area (Å²) < 4.78 is 27.8. The Morgan fingerprint density at radius 3 is 2.16 bits per heavy atom. The number of nitrogens with one attached hydrogen (secondary N) is 4.